The fourth-order valence-corrected chi connectivity index (χ4v) is 4.12. The first-order valence-electron chi connectivity index (χ1n) is 9.91. The molecule has 1 aliphatic rings. The number of pyridine rings is 1. The van der Waals surface area contributed by atoms with Gasteiger partial charge in [-0.1, -0.05) is 29.8 Å². The van der Waals surface area contributed by atoms with Gasteiger partial charge in [-0.3, -0.25) is 14.5 Å². The molecule has 0 N–H and O–H groups in total. The van der Waals surface area contributed by atoms with Gasteiger partial charge in [-0.2, -0.15) is 5.10 Å². The number of aromatic nitrogens is 3. The summed E-state index contributed by atoms with van der Waals surface area (Å²) in [5.41, 5.74) is 5.43. The van der Waals surface area contributed by atoms with E-state index in [1.807, 2.05) is 47.1 Å². The van der Waals surface area contributed by atoms with Gasteiger partial charge in [0.1, 0.15) is 0 Å². The van der Waals surface area contributed by atoms with Crippen molar-refractivity contribution < 1.29 is 4.79 Å². The maximum Gasteiger partial charge on any atom is 0.227 e. The Balaban J connectivity index is 1.64. The highest BCUT2D eigenvalue weighted by atomic mass is 16.2. The molecule has 0 bridgehead atoms. The Morgan fingerprint density at radius 3 is 2.79 bits per heavy atom. The molecule has 0 aliphatic carbocycles. The van der Waals surface area contributed by atoms with Crippen LogP contribution in [0.3, 0.4) is 0 Å². The van der Waals surface area contributed by atoms with E-state index in [4.69, 9.17) is 5.10 Å². The minimum absolute atomic E-state index is 0.0235. The van der Waals surface area contributed by atoms with Gasteiger partial charge < -0.3 is 4.90 Å². The zero-order valence-corrected chi connectivity index (χ0v) is 16.5. The summed E-state index contributed by atoms with van der Waals surface area (Å²) in [6, 6.07) is 12.2. The molecule has 1 unspecified atom stereocenters. The van der Waals surface area contributed by atoms with Crippen LogP contribution < -0.4 is 0 Å². The molecule has 0 spiro atoms. The summed E-state index contributed by atoms with van der Waals surface area (Å²) < 4.78 is 1.85. The van der Waals surface area contributed by atoms with Crippen molar-refractivity contribution >= 4 is 5.91 Å². The minimum Gasteiger partial charge on any atom is -0.334 e. The summed E-state index contributed by atoms with van der Waals surface area (Å²) in [6.07, 6.45) is 9.20. The SMILES string of the molecule is Cc1cccc(CC(=O)N2CCCCC2c2nn(C)cc2-c2ccncc2)c1. The van der Waals surface area contributed by atoms with Gasteiger partial charge in [0, 0.05) is 37.7 Å². The second-order valence-electron chi connectivity index (χ2n) is 7.60. The van der Waals surface area contributed by atoms with E-state index in [-0.39, 0.29) is 11.9 Å². The average Bonchev–Trinajstić information content (AvgIpc) is 3.10. The smallest absolute Gasteiger partial charge is 0.227 e. The van der Waals surface area contributed by atoms with Gasteiger partial charge in [-0.15, -0.1) is 0 Å². The van der Waals surface area contributed by atoms with E-state index in [1.54, 1.807) is 12.4 Å². The molecule has 1 amide bonds. The normalized spacial score (nSPS) is 16.9. The van der Waals surface area contributed by atoms with Crippen LogP contribution in [0.15, 0.2) is 55.0 Å². The maximum atomic E-state index is 13.2. The number of nitrogens with zero attached hydrogens (tertiary/aromatic N) is 4. The van der Waals surface area contributed by atoms with Crippen LogP contribution in [0.5, 0.6) is 0 Å². The first-order valence-corrected chi connectivity index (χ1v) is 9.91. The number of carbonyl (C=O) groups excluding carboxylic acids is 1. The van der Waals surface area contributed by atoms with Crippen molar-refractivity contribution in [3.63, 3.8) is 0 Å². The third-order valence-electron chi connectivity index (χ3n) is 5.43. The van der Waals surface area contributed by atoms with Crippen molar-refractivity contribution in [2.75, 3.05) is 6.54 Å². The molecular weight excluding hydrogens is 348 g/mol. The number of hydrogen-bond acceptors (Lipinski definition) is 3. The minimum atomic E-state index is 0.0235. The molecule has 1 aromatic carbocycles. The van der Waals surface area contributed by atoms with Gasteiger partial charge in [0.15, 0.2) is 0 Å². The molecule has 3 aromatic rings. The van der Waals surface area contributed by atoms with Crippen molar-refractivity contribution in [3.05, 3.63) is 71.8 Å². The van der Waals surface area contributed by atoms with Crippen LogP contribution in [0.1, 0.15) is 42.1 Å². The number of aryl methyl sites for hydroxylation is 2. The summed E-state index contributed by atoms with van der Waals surface area (Å²) >= 11 is 0. The molecule has 5 nitrogen and oxygen atoms in total. The highest BCUT2D eigenvalue weighted by Crippen LogP contribution is 2.36. The molecule has 1 atom stereocenters. The molecule has 28 heavy (non-hydrogen) atoms. The van der Waals surface area contributed by atoms with E-state index in [1.165, 1.54) is 5.56 Å². The monoisotopic (exact) mass is 374 g/mol. The van der Waals surface area contributed by atoms with E-state index in [9.17, 15) is 4.79 Å². The van der Waals surface area contributed by atoms with E-state index in [0.29, 0.717) is 6.42 Å². The lowest BCUT2D eigenvalue weighted by Gasteiger charge is -2.35. The Morgan fingerprint density at radius 1 is 1.18 bits per heavy atom. The van der Waals surface area contributed by atoms with Crippen LogP contribution in [0.2, 0.25) is 0 Å². The second kappa shape index (κ2) is 7.97. The lowest BCUT2D eigenvalue weighted by Crippen LogP contribution is -2.39. The Labute approximate surface area is 166 Å². The van der Waals surface area contributed by atoms with Gasteiger partial charge in [0.25, 0.3) is 0 Å². The van der Waals surface area contributed by atoms with Crippen molar-refractivity contribution in [2.45, 2.75) is 38.6 Å². The first-order chi connectivity index (χ1) is 13.6. The lowest BCUT2D eigenvalue weighted by atomic mass is 9.94. The molecule has 4 rings (SSSR count). The number of hydrogen-bond donors (Lipinski definition) is 0. The second-order valence-corrected chi connectivity index (χ2v) is 7.60. The fourth-order valence-electron chi connectivity index (χ4n) is 4.12. The van der Waals surface area contributed by atoms with Crippen LogP contribution in [-0.4, -0.2) is 32.1 Å². The highest BCUT2D eigenvalue weighted by molar-refractivity contribution is 5.80. The zero-order valence-electron chi connectivity index (χ0n) is 16.5. The third kappa shape index (κ3) is 3.84. The molecule has 0 radical (unpaired) electrons. The van der Waals surface area contributed by atoms with Crippen LogP contribution in [0.4, 0.5) is 0 Å². The summed E-state index contributed by atoms with van der Waals surface area (Å²) in [5, 5.41) is 4.77. The van der Waals surface area contributed by atoms with Gasteiger partial charge in [0.05, 0.1) is 18.2 Å². The molecule has 5 heteroatoms. The first kappa shape index (κ1) is 18.4. The number of benzene rings is 1. The quantitative estimate of drug-likeness (QED) is 0.691. The van der Waals surface area contributed by atoms with Crippen molar-refractivity contribution in [3.8, 4) is 11.1 Å². The number of rotatable bonds is 4. The number of piperidine rings is 1. The molecule has 1 fully saturated rings. The van der Waals surface area contributed by atoms with Gasteiger partial charge in [-0.05, 0) is 49.4 Å². The van der Waals surface area contributed by atoms with Crippen LogP contribution in [0, 0.1) is 6.92 Å². The van der Waals surface area contributed by atoms with E-state index in [2.05, 4.69) is 24.0 Å². The molecule has 3 heterocycles. The van der Waals surface area contributed by atoms with E-state index >= 15 is 0 Å². The lowest BCUT2D eigenvalue weighted by molar-refractivity contribution is -0.134. The predicted molar refractivity (Wildman–Crippen MR) is 110 cm³/mol. The van der Waals surface area contributed by atoms with Crippen molar-refractivity contribution in [1.29, 1.82) is 0 Å². The molecule has 1 saturated heterocycles. The summed E-state index contributed by atoms with van der Waals surface area (Å²) in [4.78, 5) is 19.4. The molecular formula is C23H26N4O. The maximum absolute atomic E-state index is 13.2. The van der Waals surface area contributed by atoms with Gasteiger partial charge in [-0.25, -0.2) is 0 Å². The number of amides is 1. The standard InChI is InChI=1S/C23H26N4O/c1-17-6-5-7-18(14-17)15-22(28)27-13-4-3-8-21(27)23-20(16-26(2)25-23)19-9-11-24-12-10-19/h5-7,9-12,14,16,21H,3-4,8,13,15H2,1-2H3. The number of likely N-dealkylation sites (tertiary alicyclic amines) is 1. The molecule has 2 aromatic heterocycles. The summed E-state index contributed by atoms with van der Waals surface area (Å²) in [7, 11) is 1.94. The average molecular weight is 374 g/mol. The van der Waals surface area contributed by atoms with E-state index in [0.717, 1.165) is 48.2 Å². The summed E-state index contributed by atoms with van der Waals surface area (Å²) in [6.45, 7) is 2.86. The van der Waals surface area contributed by atoms with Crippen LogP contribution >= 0.6 is 0 Å². The van der Waals surface area contributed by atoms with Crippen LogP contribution in [-0.2, 0) is 18.3 Å². The Bertz CT molecular complexity index is 964. The van der Waals surface area contributed by atoms with Crippen molar-refractivity contribution in [1.82, 2.24) is 19.7 Å². The van der Waals surface area contributed by atoms with E-state index < -0.39 is 0 Å². The third-order valence-corrected chi connectivity index (χ3v) is 5.43. The Kier molecular flexibility index (Phi) is 5.24. The van der Waals surface area contributed by atoms with Gasteiger partial charge >= 0.3 is 0 Å². The Hall–Kier alpha value is -2.95. The number of carbonyl (C=O) groups is 1. The molecule has 0 saturated carbocycles. The zero-order chi connectivity index (χ0) is 19.5. The van der Waals surface area contributed by atoms with Crippen LogP contribution in [0.25, 0.3) is 11.1 Å². The topological polar surface area (TPSA) is 51.0 Å². The molecule has 144 valence electrons. The summed E-state index contributed by atoms with van der Waals surface area (Å²) in [5.74, 6) is 0.182. The Morgan fingerprint density at radius 2 is 2.00 bits per heavy atom. The molecule has 1 aliphatic heterocycles. The van der Waals surface area contributed by atoms with Gasteiger partial charge in [0.2, 0.25) is 5.91 Å². The highest BCUT2D eigenvalue weighted by Gasteiger charge is 2.31. The largest absolute Gasteiger partial charge is 0.334 e. The predicted octanol–water partition coefficient (Wildman–Crippen LogP) is 4.09. The fraction of sp³-hybridized carbons (Fsp3) is 0.348. The van der Waals surface area contributed by atoms with Crippen molar-refractivity contribution in [2.24, 2.45) is 7.05 Å².